The van der Waals surface area contributed by atoms with Crippen LogP contribution >= 0.6 is 0 Å². The lowest BCUT2D eigenvalue weighted by Gasteiger charge is -2.29. The van der Waals surface area contributed by atoms with E-state index in [1.165, 1.54) is 39.0 Å². The molecule has 24 heavy (non-hydrogen) atoms. The maximum absolute atomic E-state index is 12.2. The third-order valence-corrected chi connectivity index (χ3v) is 5.39. The van der Waals surface area contributed by atoms with Crippen LogP contribution in [0.5, 0.6) is 0 Å². The lowest BCUT2D eigenvalue weighted by Crippen LogP contribution is -2.45. The molecule has 2 aliphatic rings. The predicted octanol–water partition coefficient (Wildman–Crippen LogP) is 2.22. The molecule has 2 rings (SSSR count). The monoisotopic (exact) mass is 338 g/mol. The number of hydrogen-bond donors (Lipinski definition) is 3. The van der Waals surface area contributed by atoms with Crippen LogP contribution in [0.4, 0.5) is 0 Å². The molecular weight excluding hydrogens is 308 g/mol. The number of amides is 2. The highest BCUT2D eigenvalue weighted by molar-refractivity contribution is 5.84. The average Bonchev–Trinajstić information content (AvgIpc) is 2.56. The van der Waals surface area contributed by atoms with Crippen LogP contribution in [0.1, 0.15) is 71.1 Å². The maximum Gasteiger partial charge on any atom is 0.325 e. The van der Waals surface area contributed by atoms with Crippen molar-refractivity contribution in [3.05, 3.63) is 0 Å². The molecule has 2 saturated carbocycles. The minimum absolute atomic E-state index is 0.140. The van der Waals surface area contributed by atoms with Crippen LogP contribution < -0.4 is 10.6 Å². The molecule has 0 unspecified atom stereocenters. The molecule has 0 saturated heterocycles. The van der Waals surface area contributed by atoms with Gasteiger partial charge in [-0.1, -0.05) is 19.3 Å². The minimum Gasteiger partial charge on any atom is -0.480 e. The number of hydrogen-bond acceptors (Lipinski definition) is 3. The summed E-state index contributed by atoms with van der Waals surface area (Å²) in [5.41, 5.74) is 0. The first-order chi connectivity index (χ1) is 11.5. The first-order valence-corrected chi connectivity index (χ1v) is 9.28. The highest BCUT2D eigenvalue weighted by Gasteiger charge is 2.29. The van der Waals surface area contributed by atoms with Gasteiger partial charge < -0.3 is 15.7 Å². The van der Waals surface area contributed by atoms with Gasteiger partial charge in [-0.3, -0.25) is 14.4 Å². The van der Waals surface area contributed by atoms with Crippen molar-refractivity contribution >= 4 is 17.8 Å². The summed E-state index contributed by atoms with van der Waals surface area (Å²) in [5.74, 6) is -0.658. The Bertz CT molecular complexity index is 452. The first kappa shape index (κ1) is 18.7. The van der Waals surface area contributed by atoms with E-state index in [1.54, 1.807) is 0 Å². The summed E-state index contributed by atoms with van der Waals surface area (Å²) in [4.78, 5) is 35.0. The minimum atomic E-state index is -1.02. The maximum atomic E-state index is 12.2. The number of carboxylic acid groups (broad SMARTS) is 1. The number of carbonyl (C=O) groups excluding carboxylic acids is 2. The van der Waals surface area contributed by atoms with E-state index in [0.717, 1.165) is 12.8 Å². The van der Waals surface area contributed by atoms with Crippen molar-refractivity contribution in [1.82, 2.24) is 10.6 Å². The Morgan fingerprint density at radius 1 is 1.00 bits per heavy atom. The lowest BCUT2D eigenvalue weighted by atomic mass is 9.84. The van der Waals surface area contributed by atoms with E-state index < -0.39 is 12.0 Å². The Hall–Kier alpha value is -1.59. The number of rotatable bonds is 6. The van der Waals surface area contributed by atoms with Crippen LogP contribution in [-0.4, -0.2) is 35.0 Å². The molecule has 0 aromatic heterocycles. The second-order valence-electron chi connectivity index (χ2n) is 7.39. The Morgan fingerprint density at radius 2 is 1.62 bits per heavy atom. The molecule has 3 N–H and O–H groups in total. The largest absolute Gasteiger partial charge is 0.480 e. The van der Waals surface area contributed by atoms with Gasteiger partial charge in [0, 0.05) is 18.4 Å². The van der Waals surface area contributed by atoms with Crippen LogP contribution in [0.3, 0.4) is 0 Å². The molecule has 6 heteroatoms. The summed E-state index contributed by atoms with van der Waals surface area (Å²) >= 11 is 0. The van der Waals surface area contributed by atoms with Gasteiger partial charge in [-0.25, -0.2) is 0 Å². The highest BCUT2D eigenvalue weighted by Crippen LogP contribution is 2.27. The molecule has 0 spiro atoms. The van der Waals surface area contributed by atoms with E-state index in [0.29, 0.717) is 25.2 Å². The number of aliphatic carboxylic acids is 1. The number of nitrogens with one attached hydrogen (secondary N) is 2. The predicted molar refractivity (Wildman–Crippen MR) is 90.3 cm³/mol. The SMILES string of the molecule is C[C@H](NC(=O)C1CCC(NC(=O)CC2CCCCC2)CC1)C(=O)O. The topological polar surface area (TPSA) is 95.5 Å². The molecule has 0 radical (unpaired) electrons. The van der Waals surface area contributed by atoms with E-state index in [4.69, 9.17) is 5.11 Å². The summed E-state index contributed by atoms with van der Waals surface area (Å²) in [6.45, 7) is 1.47. The van der Waals surface area contributed by atoms with Crippen LogP contribution in [0.15, 0.2) is 0 Å². The van der Waals surface area contributed by atoms with Gasteiger partial charge in [0.25, 0.3) is 0 Å². The molecule has 2 amide bonds. The summed E-state index contributed by atoms with van der Waals surface area (Å²) < 4.78 is 0. The molecule has 2 aliphatic carbocycles. The standard InChI is InChI=1S/C18H30N2O4/c1-12(18(23)24)19-17(22)14-7-9-15(10-8-14)20-16(21)11-13-5-3-2-4-6-13/h12-15H,2-11H2,1H3,(H,19,22)(H,20,21)(H,23,24)/t12-,14?,15?/m0/s1. The molecule has 136 valence electrons. The Balaban J connectivity index is 1.67. The fourth-order valence-corrected chi connectivity index (χ4v) is 3.83. The Labute approximate surface area is 143 Å². The number of carboxylic acids is 1. The third kappa shape index (κ3) is 5.80. The first-order valence-electron chi connectivity index (χ1n) is 9.28. The van der Waals surface area contributed by atoms with Crippen molar-refractivity contribution in [2.75, 3.05) is 0 Å². The van der Waals surface area contributed by atoms with Gasteiger partial charge in [-0.2, -0.15) is 0 Å². The highest BCUT2D eigenvalue weighted by atomic mass is 16.4. The van der Waals surface area contributed by atoms with Crippen molar-refractivity contribution in [1.29, 1.82) is 0 Å². The van der Waals surface area contributed by atoms with E-state index >= 15 is 0 Å². The van der Waals surface area contributed by atoms with Crippen molar-refractivity contribution in [2.45, 2.75) is 83.2 Å². The second-order valence-corrected chi connectivity index (χ2v) is 7.39. The fraction of sp³-hybridized carbons (Fsp3) is 0.833. The normalized spacial score (nSPS) is 26.4. The zero-order valence-corrected chi connectivity index (χ0v) is 14.6. The van der Waals surface area contributed by atoms with Crippen molar-refractivity contribution < 1.29 is 19.5 Å². The smallest absolute Gasteiger partial charge is 0.325 e. The van der Waals surface area contributed by atoms with Crippen LogP contribution in [0.2, 0.25) is 0 Å². The van der Waals surface area contributed by atoms with Crippen LogP contribution in [0.25, 0.3) is 0 Å². The molecule has 2 fully saturated rings. The summed E-state index contributed by atoms with van der Waals surface area (Å²) in [6, 6.07) is -0.701. The molecular formula is C18H30N2O4. The molecule has 0 aromatic carbocycles. The molecule has 0 bridgehead atoms. The third-order valence-electron chi connectivity index (χ3n) is 5.39. The van der Waals surface area contributed by atoms with Gasteiger partial charge in [0.2, 0.25) is 11.8 Å². The van der Waals surface area contributed by atoms with Crippen molar-refractivity contribution in [3.8, 4) is 0 Å². The fourth-order valence-electron chi connectivity index (χ4n) is 3.83. The second kappa shape index (κ2) is 9.04. The molecule has 6 nitrogen and oxygen atoms in total. The Kier molecular flexibility index (Phi) is 7.06. The van der Waals surface area contributed by atoms with E-state index in [-0.39, 0.29) is 23.8 Å². The van der Waals surface area contributed by atoms with Gasteiger partial charge in [0.1, 0.15) is 6.04 Å². The van der Waals surface area contributed by atoms with E-state index in [1.807, 2.05) is 0 Å². The zero-order valence-electron chi connectivity index (χ0n) is 14.6. The van der Waals surface area contributed by atoms with Crippen molar-refractivity contribution in [3.63, 3.8) is 0 Å². The van der Waals surface area contributed by atoms with E-state index in [9.17, 15) is 14.4 Å². The van der Waals surface area contributed by atoms with Gasteiger partial charge in [0.15, 0.2) is 0 Å². The Morgan fingerprint density at radius 3 is 2.21 bits per heavy atom. The quantitative estimate of drug-likeness (QED) is 0.692. The van der Waals surface area contributed by atoms with Crippen LogP contribution in [0, 0.1) is 11.8 Å². The van der Waals surface area contributed by atoms with Gasteiger partial charge in [-0.15, -0.1) is 0 Å². The summed E-state index contributed by atoms with van der Waals surface area (Å²) in [7, 11) is 0. The van der Waals surface area contributed by atoms with Gasteiger partial charge in [-0.05, 0) is 51.4 Å². The summed E-state index contributed by atoms with van der Waals surface area (Å²) in [5, 5.41) is 14.5. The van der Waals surface area contributed by atoms with Crippen molar-refractivity contribution in [2.24, 2.45) is 11.8 Å². The molecule has 0 aliphatic heterocycles. The van der Waals surface area contributed by atoms with Gasteiger partial charge in [0.05, 0.1) is 0 Å². The van der Waals surface area contributed by atoms with Crippen LogP contribution in [-0.2, 0) is 14.4 Å². The summed E-state index contributed by atoms with van der Waals surface area (Å²) in [6.07, 6.45) is 9.73. The molecule has 0 heterocycles. The lowest BCUT2D eigenvalue weighted by molar-refractivity contribution is -0.142. The zero-order chi connectivity index (χ0) is 17.5. The van der Waals surface area contributed by atoms with E-state index in [2.05, 4.69) is 10.6 Å². The number of carbonyl (C=O) groups is 3. The molecule has 0 aromatic rings. The van der Waals surface area contributed by atoms with Gasteiger partial charge >= 0.3 is 5.97 Å². The average molecular weight is 338 g/mol. The molecule has 1 atom stereocenters.